The predicted molar refractivity (Wildman–Crippen MR) is 99.0 cm³/mol. The monoisotopic (exact) mass is 330 g/mol. The highest BCUT2D eigenvalue weighted by molar-refractivity contribution is 5.94. The van der Waals surface area contributed by atoms with E-state index in [1.165, 1.54) is 12.8 Å². The van der Waals surface area contributed by atoms with Gasteiger partial charge in [0.1, 0.15) is 0 Å². The molecule has 1 atom stereocenters. The molecule has 0 saturated carbocycles. The molecule has 1 amide bonds. The smallest absolute Gasteiger partial charge is 0.251 e. The molecule has 0 bridgehead atoms. The molecule has 0 spiro atoms. The van der Waals surface area contributed by atoms with E-state index in [4.69, 9.17) is 5.73 Å². The SMILES string of the molecule is CCCCNC(=O)c1ccc(CN=C(N)N2CCCC(C)C2)cc1. The first-order valence-corrected chi connectivity index (χ1v) is 9.02. The van der Waals surface area contributed by atoms with Gasteiger partial charge in [0.05, 0.1) is 6.54 Å². The Kier molecular flexibility index (Phi) is 7.09. The number of amides is 1. The summed E-state index contributed by atoms with van der Waals surface area (Å²) in [4.78, 5) is 18.6. The van der Waals surface area contributed by atoms with Gasteiger partial charge in [-0.25, -0.2) is 4.99 Å². The third-order valence-electron chi connectivity index (χ3n) is 4.44. The van der Waals surface area contributed by atoms with Crippen LogP contribution in [0.25, 0.3) is 0 Å². The molecule has 0 aromatic heterocycles. The van der Waals surface area contributed by atoms with Crippen molar-refractivity contribution in [1.29, 1.82) is 0 Å². The standard InChI is InChI=1S/C19H30N4O/c1-3-4-11-21-18(24)17-9-7-16(8-10-17)13-22-19(20)23-12-5-6-15(2)14-23/h7-10,15H,3-6,11-14H2,1-2H3,(H2,20,22)(H,21,24). The third kappa shape index (κ3) is 5.55. The average Bonchev–Trinajstić information content (AvgIpc) is 2.60. The minimum Gasteiger partial charge on any atom is -0.370 e. The molecule has 0 aliphatic carbocycles. The minimum absolute atomic E-state index is 0.0136. The largest absolute Gasteiger partial charge is 0.370 e. The summed E-state index contributed by atoms with van der Waals surface area (Å²) in [5.74, 6) is 1.29. The summed E-state index contributed by atoms with van der Waals surface area (Å²) in [6.45, 7) is 7.63. The van der Waals surface area contributed by atoms with Gasteiger partial charge in [0, 0.05) is 25.2 Å². The number of hydrogen-bond donors (Lipinski definition) is 2. The zero-order chi connectivity index (χ0) is 17.4. The number of guanidine groups is 1. The van der Waals surface area contributed by atoms with Gasteiger partial charge in [-0.1, -0.05) is 32.4 Å². The van der Waals surface area contributed by atoms with Crippen LogP contribution in [0.4, 0.5) is 0 Å². The molecule has 5 heteroatoms. The molecule has 2 rings (SSSR count). The maximum atomic E-state index is 12.0. The number of nitrogens with zero attached hydrogens (tertiary/aromatic N) is 2. The summed E-state index contributed by atoms with van der Waals surface area (Å²) < 4.78 is 0. The number of carbonyl (C=O) groups is 1. The van der Waals surface area contributed by atoms with Crippen LogP contribution in [-0.2, 0) is 6.54 Å². The first-order valence-electron chi connectivity index (χ1n) is 9.02. The Morgan fingerprint density at radius 3 is 2.79 bits per heavy atom. The molecule has 1 saturated heterocycles. The lowest BCUT2D eigenvalue weighted by Crippen LogP contribution is -2.43. The van der Waals surface area contributed by atoms with Gasteiger partial charge in [-0.3, -0.25) is 4.79 Å². The second kappa shape index (κ2) is 9.30. The van der Waals surface area contributed by atoms with Crippen molar-refractivity contribution in [3.8, 4) is 0 Å². The van der Waals surface area contributed by atoms with Gasteiger partial charge in [-0.05, 0) is 42.9 Å². The molecule has 1 aromatic carbocycles. The predicted octanol–water partition coefficient (Wildman–Crippen LogP) is 2.76. The highest BCUT2D eigenvalue weighted by atomic mass is 16.1. The fourth-order valence-corrected chi connectivity index (χ4v) is 2.91. The maximum absolute atomic E-state index is 12.0. The van der Waals surface area contributed by atoms with E-state index in [1.807, 2.05) is 24.3 Å². The van der Waals surface area contributed by atoms with Crippen LogP contribution in [0.5, 0.6) is 0 Å². The van der Waals surface area contributed by atoms with E-state index in [-0.39, 0.29) is 5.91 Å². The highest BCUT2D eigenvalue weighted by Crippen LogP contribution is 2.15. The van der Waals surface area contributed by atoms with Gasteiger partial charge in [0.25, 0.3) is 5.91 Å². The molecular formula is C19H30N4O. The van der Waals surface area contributed by atoms with Crippen molar-refractivity contribution in [1.82, 2.24) is 10.2 Å². The number of aliphatic imine (C=N–C) groups is 1. The average molecular weight is 330 g/mol. The Labute approximate surface area is 145 Å². The van der Waals surface area contributed by atoms with Gasteiger partial charge < -0.3 is 16.0 Å². The second-order valence-corrected chi connectivity index (χ2v) is 6.67. The van der Waals surface area contributed by atoms with Crippen molar-refractivity contribution in [2.75, 3.05) is 19.6 Å². The lowest BCUT2D eigenvalue weighted by molar-refractivity contribution is 0.0953. The van der Waals surface area contributed by atoms with Crippen LogP contribution in [0.1, 0.15) is 55.5 Å². The number of likely N-dealkylation sites (tertiary alicyclic amines) is 1. The van der Waals surface area contributed by atoms with Crippen LogP contribution >= 0.6 is 0 Å². The van der Waals surface area contributed by atoms with E-state index in [9.17, 15) is 4.79 Å². The fourth-order valence-electron chi connectivity index (χ4n) is 2.91. The van der Waals surface area contributed by atoms with Crippen molar-refractivity contribution in [2.45, 2.75) is 46.1 Å². The van der Waals surface area contributed by atoms with Crippen LogP contribution in [0.3, 0.4) is 0 Å². The summed E-state index contributed by atoms with van der Waals surface area (Å²) >= 11 is 0. The Balaban J connectivity index is 1.86. The fraction of sp³-hybridized carbons (Fsp3) is 0.579. The molecule has 0 radical (unpaired) electrons. The summed E-state index contributed by atoms with van der Waals surface area (Å²) in [5.41, 5.74) is 7.87. The normalized spacial score (nSPS) is 18.5. The summed E-state index contributed by atoms with van der Waals surface area (Å²) in [7, 11) is 0. The molecule has 1 aliphatic rings. The first kappa shape index (κ1) is 18.3. The zero-order valence-electron chi connectivity index (χ0n) is 14.9. The minimum atomic E-state index is -0.0136. The Hall–Kier alpha value is -2.04. The number of nitrogens with two attached hydrogens (primary N) is 1. The quantitative estimate of drug-likeness (QED) is 0.479. The highest BCUT2D eigenvalue weighted by Gasteiger charge is 2.17. The molecule has 1 heterocycles. The van der Waals surface area contributed by atoms with Gasteiger partial charge in [0.2, 0.25) is 0 Å². The molecule has 3 N–H and O–H groups in total. The first-order chi connectivity index (χ1) is 11.6. The van der Waals surface area contributed by atoms with Crippen LogP contribution in [0, 0.1) is 5.92 Å². The van der Waals surface area contributed by atoms with Crippen LogP contribution in [0.15, 0.2) is 29.3 Å². The Bertz CT molecular complexity index is 553. The van der Waals surface area contributed by atoms with Crippen LogP contribution < -0.4 is 11.1 Å². The topological polar surface area (TPSA) is 70.7 Å². The lowest BCUT2D eigenvalue weighted by atomic mass is 10.0. The van der Waals surface area contributed by atoms with E-state index >= 15 is 0 Å². The third-order valence-corrected chi connectivity index (χ3v) is 4.44. The summed E-state index contributed by atoms with van der Waals surface area (Å²) in [6.07, 6.45) is 4.53. The number of hydrogen-bond acceptors (Lipinski definition) is 2. The Morgan fingerprint density at radius 1 is 1.38 bits per heavy atom. The van der Waals surface area contributed by atoms with Crippen molar-refractivity contribution >= 4 is 11.9 Å². The summed E-state index contributed by atoms with van der Waals surface area (Å²) in [5, 5.41) is 2.92. The molecule has 1 aromatic rings. The summed E-state index contributed by atoms with van der Waals surface area (Å²) in [6, 6.07) is 7.60. The van der Waals surface area contributed by atoms with E-state index in [2.05, 4.69) is 29.1 Å². The number of carbonyl (C=O) groups excluding carboxylic acids is 1. The number of rotatable bonds is 6. The van der Waals surface area contributed by atoms with E-state index in [1.54, 1.807) is 0 Å². The zero-order valence-corrected chi connectivity index (χ0v) is 14.9. The molecule has 1 unspecified atom stereocenters. The second-order valence-electron chi connectivity index (χ2n) is 6.67. The van der Waals surface area contributed by atoms with Crippen molar-refractivity contribution in [3.63, 3.8) is 0 Å². The van der Waals surface area contributed by atoms with Crippen LogP contribution in [0.2, 0.25) is 0 Å². The van der Waals surface area contributed by atoms with Crippen LogP contribution in [-0.4, -0.2) is 36.4 Å². The van der Waals surface area contributed by atoms with Crippen molar-refractivity contribution < 1.29 is 4.79 Å². The van der Waals surface area contributed by atoms with E-state index in [0.29, 0.717) is 24.0 Å². The van der Waals surface area contributed by atoms with Crippen molar-refractivity contribution in [3.05, 3.63) is 35.4 Å². The van der Waals surface area contributed by atoms with Gasteiger partial charge in [0.15, 0.2) is 5.96 Å². The molecule has 24 heavy (non-hydrogen) atoms. The van der Waals surface area contributed by atoms with E-state index < -0.39 is 0 Å². The molecule has 5 nitrogen and oxygen atoms in total. The maximum Gasteiger partial charge on any atom is 0.251 e. The molecule has 1 aliphatic heterocycles. The van der Waals surface area contributed by atoms with Gasteiger partial charge in [-0.15, -0.1) is 0 Å². The van der Waals surface area contributed by atoms with Gasteiger partial charge in [-0.2, -0.15) is 0 Å². The Morgan fingerprint density at radius 2 is 2.12 bits per heavy atom. The number of unbranched alkanes of at least 4 members (excludes halogenated alkanes) is 1. The van der Waals surface area contributed by atoms with E-state index in [0.717, 1.165) is 38.0 Å². The number of piperidine rings is 1. The molecule has 132 valence electrons. The number of nitrogens with one attached hydrogen (secondary N) is 1. The molecule has 1 fully saturated rings. The number of benzene rings is 1. The van der Waals surface area contributed by atoms with Crippen molar-refractivity contribution in [2.24, 2.45) is 16.6 Å². The lowest BCUT2D eigenvalue weighted by Gasteiger charge is -2.31. The molecular weight excluding hydrogens is 300 g/mol. The van der Waals surface area contributed by atoms with Gasteiger partial charge >= 0.3 is 0 Å².